The minimum atomic E-state index is -3.41. The van der Waals surface area contributed by atoms with Crippen LogP contribution in [-0.4, -0.2) is 41.7 Å². The van der Waals surface area contributed by atoms with Crippen molar-refractivity contribution in [1.29, 1.82) is 0 Å². The van der Waals surface area contributed by atoms with E-state index in [9.17, 15) is 8.42 Å². The van der Waals surface area contributed by atoms with Crippen LogP contribution in [0.1, 0.15) is 24.0 Å². The van der Waals surface area contributed by atoms with E-state index in [0.717, 1.165) is 25.9 Å². The van der Waals surface area contributed by atoms with Gasteiger partial charge in [0.2, 0.25) is 10.0 Å². The lowest BCUT2D eigenvalue weighted by Crippen LogP contribution is -2.45. The maximum atomic E-state index is 12.7. The summed E-state index contributed by atoms with van der Waals surface area (Å²) in [6.07, 6.45) is 4.79. The van der Waals surface area contributed by atoms with Gasteiger partial charge in [-0.15, -0.1) is 0 Å². The highest BCUT2D eigenvalue weighted by molar-refractivity contribution is 7.89. The molecule has 2 aliphatic heterocycles. The fraction of sp³-hybridized carbons (Fsp3) is 0.389. The summed E-state index contributed by atoms with van der Waals surface area (Å²) in [6, 6.07) is 12.3. The van der Waals surface area contributed by atoms with Crippen molar-refractivity contribution in [2.75, 3.05) is 13.1 Å². The van der Waals surface area contributed by atoms with Gasteiger partial charge in [0.1, 0.15) is 4.90 Å². The van der Waals surface area contributed by atoms with Crippen molar-refractivity contribution < 1.29 is 8.42 Å². The van der Waals surface area contributed by atoms with Gasteiger partial charge >= 0.3 is 0 Å². The molecule has 0 atom stereocenters. The molecule has 0 saturated carbocycles. The zero-order valence-electron chi connectivity index (χ0n) is 13.5. The van der Waals surface area contributed by atoms with Crippen LogP contribution in [0.25, 0.3) is 0 Å². The van der Waals surface area contributed by atoms with Gasteiger partial charge in [0.15, 0.2) is 0 Å². The van der Waals surface area contributed by atoms with Gasteiger partial charge < -0.3 is 0 Å². The van der Waals surface area contributed by atoms with E-state index in [4.69, 9.17) is 0 Å². The Morgan fingerprint density at radius 2 is 1.62 bits per heavy atom. The molecule has 0 aliphatic carbocycles. The predicted octanol–water partition coefficient (Wildman–Crippen LogP) is 2.25. The van der Waals surface area contributed by atoms with Crippen LogP contribution in [0.3, 0.4) is 0 Å². The standard InChI is InChI=1S/C18H21N3O2S/c22-24(23,18-6-3-9-19-12-18)21-10-7-17(8-11-21)20-13-15-4-1-2-5-16(15)14-20/h1-6,9,12,17H,7-8,10-11,13-14H2. The topological polar surface area (TPSA) is 53.5 Å². The van der Waals surface area contributed by atoms with Crippen LogP contribution in [0.15, 0.2) is 53.7 Å². The minimum absolute atomic E-state index is 0.289. The van der Waals surface area contributed by atoms with Crippen LogP contribution < -0.4 is 0 Å². The van der Waals surface area contributed by atoms with E-state index >= 15 is 0 Å². The molecule has 126 valence electrons. The monoisotopic (exact) mass is 343 g/mol. The van der Waals surface area contributed by atoms with Crippen molar-refractivity contribution >= 4 is 10.0 Å². The molecule has 1 fully saturated rings. The van der Waals surface area contributed by atoms with Crippen molar-refractivity contribution in [2.24, 2.45) is 0 Å². The molecule has 2 aliphatic rings. The maximum absolute atomic E-state index is 12.7. The lowest BCUT2D eigenvalue weighted by atomic mass is 10.1. The lowest BCUT2D eigenvalue weighted by Gasteiger charge is -2.36. The van der Waals surface area contributed by atoms with Crippen molar-refractivity contribution in [1.82, 2.24) is 14.2 Å². The Morgan fingerprint density at radius 1 is 0.958 bits per heavy atom. The van der Waals surface area contributed by atoms with Crippen LogP contribution in [0.4, 0.5) is 0 Å². The predicted molar refractivity (Wildman–Crippen MR) is 91.7 cm³/mol. The molecule has 0 N–H and O–H groups in total. The zero-order chi connectivity index (χ0) is 16.6. The Balaban J connectivity index is 1.41. The summed E-state index contributed by atoms with van der Waals surface area (Å²) in [5, 5.41) is 0. The summed E-state index contributed by atoms with van der Waals surface area (Å²) in [5.41, 5.74) is 2.81. The molecule has 1 aromatic carbocycles. The van der Waals surface area contributed by atoms with Gasteiger partial charge in [-0.05, 0) is 36.1 Å². The first-order valence-corrected chi connectivity index (χ1v) is 9.79. The summed E-state index contributed by atoms with van der Waals surface area (Å²) in [4.78, 5) is 6.71. The third-order valence-corrected chi connectivity index (χ3v) is 6.96. The van der Waals surface area contributed by atoms with Gasteiger partial charge in [-0.25, -0.2) is 8.42 Å². The van der Waals surface area contributed by atoms with Crippen LogP contribution in [0.2, 0.25) is 0 Å². The van der Waals surface area contributed by atoms with E-state index in [0.29, 0.717) is 19.1 Å². The molecule has 0 bridgehead atoms. The number of piperidine rings is 1. The Hall–Kier alpha value is -1.76. The van der Waals surface area contributed by atoms with Gasteiger partial charge in [0.25, 0.3) is 0 Å². The lowest BCUT2D eigenvalue weighted by molar-refractivity contribution is 0.139. The first-order valence-electron chi connectivity index (χ1n) is 8.35. The number of sulfonamides is 1. The number of pyridine rings is 1. The van der Waals surface area contributed by atoms with Gasteiger partial charge in [-0.1, -0.05) is 24.3 Å². The molecule has 3 heterocycles. The molecule has 24 heavy (non-hydrogen) atoms. The zero-order valence-corrected chi connectivity index (χ0v) is 14.3. The maximum Gasteiger partial charge on any atom is 0.244 e. The molecule has 0 spiro atoms. The SMILES string of the molecule is O=S(=O)(c1cccnc1)N1CCC(N2Cc3ccccc3C2)CC1. The number of benzene rings is 1. The highest BCUT2D eigenvalue weighted by Crippen LogP contribution is 2.29. The van der Waals surface area contributed by atoms with Crippen LogP contribution in [0, 0.1) is 0 Å². The van der Waals surface area contributed by atoms with E-state index in [-0.39, 0.29) is 4.90 Å². The fourth-order valence-corrected chi connectivity index (χ4v) is 5.15. The van der Waals surface area contributed by atoms with Crippen LogP contribution >= 0.6 is 0 Å². The van der Waals surface area contributed by atoms with E-state index < -0.39 is 10.0 Å². The molecular formula is C18H21N3O2S. The molecule has 0 radical (unpaired) electrons. The number of fused-ring (bicyclic) bond motifs is 1. The number of nitrogens with zero attached hydrogens (tertiary/aromatic N) is 3. The summed E-state index contributed by atoms with van der Waals surface area (Å²) < 4.78 is 26.9. The Labute approximate surface area is 143 Å². The summed E-state index contributed by atoms with van der Waals surface area (Å²) in [7, 11) is -3.41. The van der Waals surface area contributed by atoms with Gasteiger partial charge in [0.05, 0.1) is 0 Å². The van der Waals surface area contributed by atoms with Crippen molar-refractivity contribution in [3.05, 3.63) is 59.9 Å². The third kappa shape index (κ3) is 2.85. The van der Waals surface area contributed by atoms with Crippen LogP contribution in [-0.2, 0) is 23.1 Å². The van der Waals surface area contributed by atoms with E-state index in [1.807, 2.05) is 0 Å². The van der Waals surface area contributed by atoms with E-state index in [1.54, 1.807) is 22.6 Å². The molecule has 1 aromatic heterocycles. The average molecular weight is 343 g/mol. The molecule has 0 amide bonds. The molecule has 6 heteroatoms. The first-order chi connectivity index (χ1) is 11.6. The van der Waals surface area contributed by atoms with Crippen LogP contribution in [0.5, 0.6) is 0 Å². The molecule has 5 nitrogen and oxygen atoms in total. The number of hydrogen-bond donors (Lipinski definition) is 0. The first kappa shape index (κ1) is 15.7. The second kappa shape index (κ2) is 6.27. The van der Waals surface area contributed by atoms with E-state index in [1.165, 1.54) is 17.3 Å². The van der Waals surface area contributed by atoms with Crippen molar-refractivity contribution in [3.8, 4) is 0 Å². The van der Waals surface area contributed by atoms with Crippen molar-refractivity contribution in [2.45, 2.75) is 36.9 Å². The molecule has 2 aromatic rings. The van der Waals surface area contributed by atoms with Gasteiger partial charge in [0, 0.05) is 44.6 Å². The highest BCUT2D eigenvalue weighted by atomic mass is 32.2. The highest BCUT2D eigenvalue weighted by Gasteiger charge is 2.33. The molecule has 0 unspecified atom stereocenters. The number of rotatable bonds is 3. The van der Waals surface area contributed by atoms with E-state index in [2.05, 4.69) is 34.1 Å². The molecular weight excluding hydrogens is 322 g/mol. The number of aromatic nitrogens is 1. The largest absolute Gasteiger partial charge is 0.292 e. The molecule has 1 saturated heterocycles. The summed E-state index contributed by atoms with van der Waals surface area (Å²) >= 11 is 0. The second-order valence-corrected chi connectivity index (χ2v) is 8.44. The Bertz CT molecular complexity index is 790. The summed E-state index contributed by atoms with van der Waals surface area (Å²) in [6.45, 7) is 3.12. The second-order valence-electron chi connectivity index (χ2n) is 6.50. The Kier molecular flexibility index (Phi) is 4.12. The normalized spacial score (nSPS) is 20.2. The van der Waals surface area contributed by atoms with Gasteiger partial charge in [-0.2, -0.15) is 4.31 Å². The Morgan fingerprint density at radius 3 is 2.21 bits per heavy atom. The fourth-order valence-electron chi connectivity index (χ4n) is 3.71. The van der Waals surface area contributed by atoms with Crippen molar-refractivity contribution in [3.63, 3.8) is 0 Å². The quantitative estimate of drug-likeness (QED) is 0.858. The molecule has 4 rings (SSSR count). The number of hydrogen-bond acceptors (Lipinski definition) is 4. The summed E-state index contributed by atoms with van der Waals surface area (Å²) in [5.74, 6) is 0. The average Bonchev–Trinajstić information content (AvgIpc) is 3.07. The van der Waals surface area contributed by atoms with Gasteiger partial charge in [-0.3, -0.25) is 9.88 Å². The third-order valence-electron chi connectivity index (χ3n) is 5.08. The minimum Gasteiger partial charge on any atom is -0.292 e. The smallest absolute Gasteiger partial charge is 0.244 e.